The predicted molar refractivity (Wildman–Crippen MR) is 62.6 cm³/mol. The first-order chi connectivity index (χ1) is 6.86. The number of nitrogens with one attached hydrogen (secondary N) is 2. The molecule has 2 N–H and O–H groups in total. The van der Waals surface area contributed by atoms with Gasteiger partial charge in [0.1, 0.15) is 0 Å². The van der Waals surface area contributed by atoms with Crippen molar-refractivity contribution < 1.29 is 0 Å². The molecule has 1 saturated heterocycles. The molecule has 0 radical (unpaired) electrons. The van der Waals surface area contributed by atoms with Crippen molar-refractivity contribution in [2.24, 2.45) is 5.92 Å². The van der Waals surface area contributed by atoms with E-state index in [1.54, 1.807) is 0 Å². The van der Waals surface area contributed by atoms with Gasteiger partial charge in [-0.2, -0.15) is 0 Å². The molecular weight excluding hydrogens is 172 g/mol. The van der Waals surface area contributed by atoms with E-state index in [0.29, 0.717) is 0 Å². The van der Waals surface area contributed by atoms with Crippen LogP contribution in [0.15, 0.2) is 0 Å². The largest absolute Gasteiger partial charge is 0.315 e. The van der Waals surface area contributed by atoms with Gasteiger partial charge in [0.05, 0.1) is 0 Å². The van der Waals surface area contributed by atoms with Gasteiger partial charge in [0.2, 0.25) is 0 Å². The van der Waals surface area contributed by atoms with Crippen LogP contribution in [-0.2, 0) is 0 Å². The molecule has 2 nitrogen and oxygen atoms in total. The lowest BCUT2D eigenvalue weighted by Crippen LogP contribution is -2.44. The summed E-state index contributed by atoms with van der Waals surface area (Å²) < 4.78 is 0. The molecule has 1 aliphatic rings. The predicted octanol–water partition coefficient (Wildman–Crippen LogP) is 2.15. The summed E-state index contributed by atoms with van der Waals surface area (Å²) in [5.41, 5.74) is 0. The van der Waals surface area contributed by atoms with Crippen molar-refractivity contribution in [1.29, 1.82) is 0 Å². The molecular formula is C12H26N2. The van der Waals surface area contributed by atoms with Crippen molar-refractivity contribution in [3.63, 3.8) is 0 Å². The van der Waals surface area contributed by atoms with Crippen LogP contribution in [0.2, 0.25) is 0 Å². The lowest BCUT2D eigenvalue weighted by Gasteiger charge is -2.30. The highest BCUT2D eigenvalue weighted by Crippen LogP contribution is 2.18. The van der Waals surface area contributed by atoms with E-state index in [2.05, 4.69) is 24.5 Å². The van der Waals surface area contributed by atoms with Gasteiger partial charge in [0, 0.05) is 12.6 Å². The molecule has 14 heavy (non-hydrogen) atoms. The average molecular weight is 198 g/mol. The zero-order valence-corrected chi connectivity index (χ0v) is 9.81. The molecule has 0 aromatic heterocycles. The van der Waals surface area contributed by atoms with E-state index in [1.807, 2.05) is 0 Å². The summed E-state index contributed by atoms with van der Waals surface area (Å²) >= 11 is 0. The third-order valence-corrected chi connectivity index (χ3v) is 3.28. The van der Waals surface area contributed by atoms with Gasteiger partial charge in [-0.05, 0) is 38.3 Å². The fraction of sp³-hybridized carbons (Fsp3) is 1.00. The monoisotopic (exact) mass is 198 g/mol. The second kappa shape index (κ2) is 7.24. The first-order valence-electron chi connectivity index (χ1n) is 6.30. The highest BCUT2D eigenvalue weighted by molar-refractivity contribution is 4.79. The highest BCUT2D eigenvalue weighted by atomic mass is 15.0. The lowest BCUT2D eigenvalue weighted by atomic mass is 9.90. The van der Waals surface area contributed by atoms with Crippen LogP contribution >= 0.6 is 0 Å². The number of unbranched alkanes of at least 4 members (excludes halogenated alkanes) is 1. The normalized spacial score (nSPS) is 27.9. The number of hydrogen-bond donors (Lipinski definition) is 2. The average Bonchev–Trinajstić information content (AvgIpc) is 2.25. The van der Waals surface area contributed by atoms with Crippen LogP contribution in [0.25, 0.3) is 0 Å². The maximum atomic E-state index is 3.60. The Morgan fingerprint density at radius 3 is 2.93 bits per heavy atom. The van der Waals surface area contributed by atoms with Crippen molar-refractivity contribution in [2.45, 2.75) is 52.0 Å². The Labute approximate surface area is 88.8 Å². The molecule has 1 aliphatic heterocycles. The van der Waals surface area contributed by atoms with Crippen molar-refractivity contribution >= 4 is 0 Å². The van der Waals surface area contributed by atoms with Crippen molar-refractivity contribution in [3.05, 3.63) is 0 Å². The van der Waals surface area contributed by atoms with Gasteiger partial charge >= 0.3 is 0 Å². The van der Waals surface area contributed by atoms with E-state index in [0.717, 1.165) is 18.5 Å². The molecule has 2 heteroatoms. The van der Waals surface area contributed by atoms with Gasteiger partial charge in [-0.15, -0.1) is 0 Å². The highest BCUT2D eigenvalue weighted by Gasteiger charge is 2.19. The van der Waals surface area contributed by atoms with Crippen LogP contribution in [0.1, 0.15) is 46.0 Å². The molecule has 84 valence electrons. The van der Waals surface area contributed by atoms with E-state index >= 15 is 0 Å². The van der Waals surface area contributed by atoms with Crippen molar-refractivity contribution in [2.75, 3.05) is 19.6 Å². The zero-order valence-electron chi connectivity index (χ0n) is 9.81. The standard InChI is InChI=1S/C12H26N2/c1-3-5-7-13-10-12-9-11(4-2)6-8-14-12/h11-14H,3-10H2,1-2H3. The van der Waals surface area contributed by atoms with Crippen LogP contribution in [0.4, 0.5) is 0 Å². The summed E-state index contributed by atoms with van der Waals surface area (Å²) in [5.74, 6) is 0.967. The first-order valence-corrected chi connectivity index (χ1v) is 6.30. The van der Waals surface area contributed by atoms with Gasteiger partial charge in [-0.1, -0.05) is 26.7 Å². The third-order valence-electron chi connectivity index (χ3n) is 3.28. The molecule has 1 heterocycles. The fourth-order valence-corrected chi connectivity index (χ4v) is 2.20. The van der Waals surface area contributed by atoms with Crippen molar-refractivity contribution in [3.8, 4) is 0 Å². The Morgan fingerprint density at radius 2 is 2.21 bits per heavy atom. The number of hydrogen-bond acceptors (Lipinski definition) is 2. The molecule has 0 aromatic rings. The molecule has 0 spiro atoms. The molecule has 0 amide bonds. The molecule has 0 saturated carbocycles. The van der Waals surface area contributed by atoms with Crippen LogP contribution < -0.4 is 10.6 Å². The Morgan fingerprint density at radius 1 is 1.36 bits per heavy atom. The Bertz CT molecular complexity index is 136. The number of rotatable bonds is 6. The minimum atomic E-state index is 0.727. The Kier molecular flexibility index (Phi) is 6.20. The fourth-order valence-electron chi connectivity index (χ4n) is 2.20. The summed E-state index contributed by atoms with van der Waals surface area (Å²) in [6.07, 6.45) is 6.71. The lowest BCUT2D eigenvalue weighted by molar-refractivity contribution is 0.288. The summed E-state index contributed by atoms with van der Waals surface area (Å²) in [7, 11) is 0. The van der Waals surface area contributed by atoms with Gasteiger partial charge < -0.3 is 10.6 Å². The third kappa shape index (κ3) is 4.43. The van der Waals surface area contributed by atoms with E-state index in [4.69, 9.17) is 0 Å². The maximum absolute atomic E-state index is 3.60. The molecule has 0 aromatic carbocycles. The summed E-state index contributed by atoms with van der Waals surface area (Å²) in [6, 6.07) is 0.727. The minimum Gasteiger partial charge on any atom is -0.315 e. The second-order valence-corrected chi connectivity index (χ2v) is 4.51. The Hall–Kier alpha value is -0.0800. The smallest absolute Gasteiger partial charge is 0.0195 e. The van der Waals surface area contributed by atoms with Crippen LogP contribution in [-0.4, -0.2) is 25.7 Å². The van der Waals surface area contributed by atoms with E-state index in [-0.39, 0.29) is 0 Å². The van der Waals surface area contributed by atoms with Crippen molar-refractivity contribution in [1.82, 2.24) is 10.6 Å². The maximum Gasteiger partial charge on any atom is 0.0195 e. The zero-order chi connectivity index (χ0) is 10.2. The topological polar surface area (TPSA) is 24.1 Å². The molecule has 1 fully saturated rings. The quantitative estimate of drug-likeness (QED) is 0.639. The number of piperidine rings is 1. The minimum absolute atomic E-state index is 0.727. The second-order valence-electron chi connectivity index (χ2n) is 4.51. The molecule has 0 bridgehead atoms. The summed E-state index contributed by atoms with van der Waals surface area (Å²) in [5, 5.41) is 7.14. The van der Waals surface area contributed by atoms with Gasteiger partial charge in [-0.3, -0.25) is 0 Å². The van der Waals surface area contributed by atoms with E-state index in [1.165, 1.54) is 45.2 Å². The van der Waals surface area contributed by atoms with Crippen LogP contribution in [0.5, 0.6) is 0 Å². The summed E-state index contributed by atoms with van der Waals surface area (Å²) in [6.45, 7) is 8.13. The molecule has 2 unspecified atom stereocenters. The van der Waals surface area contributed by atoms with Gasteiger partial charge in [0.15, 0.2) is 0 Å². The first kappa shape index (κ1) is 12.0. The molecule has 0 aliphatic carbocycles. The molecule has 2 atom stereocenters. The van der Waals surface area contributed by atoms with E-state index < -0.39 is 0 Å². The SMILES string of the molecule is CCCCNCC1CC(CC)CCN1. The van der Waals surface area contributed by atoms with E-state index in [9.17, 15) is 0 Å². The van der Waals surface area contributed by atoms with Crippen LogP contribution in [0, 0.1) is 5.92 Å². The van der Waals surface area contributed by atoms with Gasteiger partial charge in [-0.25, -0.2) is 0 Å². The van der Waals surface area contributed by atoms with Crippen LogP contribution in [0.3, 0.4) is 0 Å². The van der Waals surface area contributed by atoms with Gasteiger partial charge in [0.25, 0.3) is 0 Å². The Balaban J connectivity index is 2.05. The molecule has 1 rings (SSSR count). The summed E-state index contributed by atoms with van der Waals surface area (Å²) in [4.78, 5) is 0.